The first-order valence-electron chi connectivity index (χ1n) is 5.17. The lowest BCUT2D eigenvalue weighted by atomic mass is 10.2. The Hall–Kier alpha value is -0.940. The largest absolute Gasteiger partial charge is 0.396 e. The van der Waals surface area contributed by atoms with Gasteiger partial charge in [-0.25, -0.2) is 0 Å². The fourth-order valence-electron chi connectivity index (χ4n) is 2.33. The van der Waals surface area contributed by atoms with Gasteiger partial charge in [-0.05, 0) is 6.42 Å². The Balaban J connectivity index is 1.89. The summed E-state index contributed by atoms with van der Waals surface area (Å²) in [5.41, 5.74) is 0. The molecule has 15 heavy (non-hydrogen) atoms. The molecule has 2 aliphatic rings. The summed E-state index contributed by atoms with van der Waals surface area (Å²) in [7, 11) is 1.59. The first-order valence-corrected chi connectivity index (χ1v) is 5.17. The van der Waals surface area contributed by atoms with E-state index < -0.39 is 0 Å². The summed E-state index contributed by atoms with van der Waals surface area (Å²) in [6.07, 6.45) is 0.678. The van der Waals surface area contributed by atoms with E-state index in [1.807, 2.05) is 0 Å². The van der Waals surface area contributed by atoms with Crippen LogP contribution in [0.3, 0.4) is 0 Å². The van der Waals surface area contributed by atoms with Crippen molar-refractivity contribution in [2.24, 2.45) is 17.8 Å². The first kappa shape index (κ1) is 10.6. The third-order valence-corrected chi connectivity index (χ3v) is 3.21. The van der Waals surface area contributed by atoms with Crippen molar-refractivity contribution in [3.63, 3.8) is 0 Å². The number of carbonyl (C=O) groups excluding carboxylic acids is 2. The second-order valence-corrected chi connectivity index (χ2v) is 4.07. The van der Waals surface area contributed by atoms with Crippen molar-refractivity contribution in [2.45, 2.75) is 6.42 Å². The number of imide groups is 1. The first-order chi connectivity index (χ1) is 7.22. The fourth-order valence-corrected chi connectivity index (χ4v) is 2.33. The van der Waals surface area contributed by atoms with Crippen molar-refractivity contribution in [2.75, 3.05) is 26.9 Å². The van der Waals surface area contributed by atoms with E-state index in [2.05, 4.69) is 0 Å². The van der Waals surface area contributed by atoms with Crippen LogP contribution in [0.25, 0.3) is 0 Å². The molecule has 0 spiro atoms. The quantitative estimate of drug-likeness (QED) is 0.482. The van der Waals surface area contributed by atoms with E-state index in [0.29, 0.717) is 19.6 Å². The van der Waals surface area contributed by atoms with Gasteiger partial charge >= 0.3 is 0 Å². The van der Waals surface area contributed by atoms with Crippen LogP contribution in [0, 0.1) is 17.8 Å². The van der Waals surface area contributed by atoms with Crippen molar-refractivity contribution < 1.29 is 19.4 Å². The standard InChI is InChI=1S/C10H15NO4/c1-15-4-2-3-11-9(13)7-6(5-12)8(7)10(11)14/h6-8,12H,2-5H2,1H3. The number of nitrogens with zero attached hydrogens (tertiary/aromatic N) is 1. The van der Waals surface area contributed by atoms with Crippen molar-refractivity contribution in [3.05, 3.63) is 0 Å². The number of ether oxygens (including phenoxy) is 1. The van der Waals surface area contributed by atoms with E-state index in [1.54, 1.807) is 7.11 Å². The van der Waals surface area contributed by atoms with Gasteiger partial charge in [0.05, 0.1) is 11.8 Å². The molecule has 1 heterocycles. The number of methoxy groups -OCH3 is 1. The molecule has 5 heteroatoms. The predicted molar refractivity (Wildman–Crippen MR) is 50.8 cm³/mol. The molecule has 2 amide bonds. The minimum absolute atomic E-state index is 0.0568. The van der Waals surface area contributed by atoms with Gasteiger partial charge < -0.3 is 9.84 Å². The average Bonchev–Trinajstić information content (AvgIpc) is 2.91. The summed E-state index contributed by atoms with van der Waals surface area (Å²) in [6.45, 7) is 0.936. The lowest BCUT2D eigenvalue weighted by Crippen LogP contribution is -2.36. The van der Waals surface area contributed by atoms with Crippen molar-refractivity contribution >= 4 is 11.8 Å². The summed E-state index contributed by atoms with van der Waals surface area (Å²) >= 11 is 0. The number of aliphatic hydroxyl groups is 1. The van der Waals surface area contributed by atoms with Crippen LogP contribution < -0.4 is 0 Å². The normalized spacial score (nSPS) is 33.5. The maximum absolute atomic E-state index is 11.7. The van der Waals surface area contributed by atoms with E-state index in [9.17, 15) is 9.59 Å². The highest BCUT2D eigenvalue weighted by Crippen LogP contribution is 2.52. The van der Waals surface area contributed by atoms with E-state index >= 15 is 0 Å². The van der Waals surface area contributed by atoms with Gasteiger partial charge in [-0.15, -0.1) is 0 Å². The van der Waals surface area contributed by atoms with E-state index in [-0.39, 0.29) is 36.2 Å². The Morgan fingerprint density at radius 1 is 1.33 bits per heavy atom. The topological polar surface area (TPSA) is 66.8 Å². The Bertz CT molecular complexity index is 269. The summed E-state index contributed by atoms with van der Waals surface area (Å²) in [6, 6.07) is 0. The van der Waals surface area contributed by atoms with Gasteiger partial charge in [0.1, 0.15) is 0 Å². The van der Waals surface area contributed by atoms with Crippen LogP contribution in [0.5, 0.6) is 0 Å². The molecule has 1 aliphatic heterocycles. The van der Waals surface area contributed by atoms with Crippen LogP contribution in [0.15, 0.2) is 0 Å². The summed E-state index contributed by atoms with van der Waals surface area (Å²) in [5, 5.41) is 8.90. The zero-order valence-corrected chi connectivity index (χ0v) is 8.68. The number of fused-ring (bicyclic) bond motifs is 1. The number of hydrogen-bond donors (Lipinski definition) is 1. The second-order valence-electron chi connectivity index (χ2n) is 4.07. The van der Waals surface area contributed by atoms with Crippen LogP contribution in [-0.2, 0) is 14.3 Å². The zero-order chi connectivity index (χ0) is 11.0. The highest BCUT2D eigenvalue weighted by molar-refractivity contribution is 6.09. The molecular weight excluding hydrogens is 198 g/mol. The minimum Gasteiger partial charge on any atom is -0.396 e. The number of carbonyl (C=O) groups is 2. The van der Waals surface area contributed by atoms with Crippen LogP contribution in [-0.4, -0.2) is 48.7 Å². The molecule has 1 saturated carbocycles. The van der Waals surface area contributed by atoms with Gasteiger partial charge in [0.2, 0.25) is 11.8 Å². The van der Waals surface area contributed by atoms with Crippen LogP contribution in [0.2, 0.25) is 0 Å². The van der Waals surface area contributed by atoms with Gasteiger partial charge in [0.15, 0.2) is 0 Å². The number of piperidine rings is 1. The number of likely N-dealkylation sites (tertiary alicyclic amines) is 1. The van der Waals surface area contributed by atoms with Crippen molar-refractivity contribution in [1.82, 2.24) is 4.90 Å². The molecule has 2 atom stereocenters. The summed E-state index contributed by atoms with van der Waals surface area (Å²) in [5.74, 6) is -0.793. The molecule has 1 N–H and O–H groups in total. The lowest BCUT2D eigenvalue weighted by molar-refractivity contribution is -0.142. The molecule has 0 radical (unpaired) electrons. The van der Waals surface area contributed by atoms with Gasteiger partial charge in [-0.1, -0.05) is 0 Å². The second kappa shape index (κ2) is 3.90. The predicted octanol–water partition coefficient (Wildman–Crippen LogP) is -0.754. The fraction of sp³-hybridized carbons (Fsp3) is 0.800. The molecule has 2 fully saturated rings. The Morgan fingerprint density at radius 2 is 1.93 bits per heavy atom. The third kappa shape index (κ3) is 1.55. The van der Waals surface area contributed by atoms with Crippen molar-refractivity contribution in [1.29, 1.82) is 0 Å². The number of rotatable bonds is 5. The highest BCUT2D eigenvalue weighted by atomic mass is 16.5. The number of hydrogen-bond acceptors (Lipinski definition) is 4. The van der Waals surface area contributed by atoms with Gasteiger partial charge in [0.25, 0.3) is 0 Å². The highest BCUT2D eigenvalue weighted by Gasteiger charge is 2.66. The van der Waals surface area contributed by atoms with Crippen LogP contribution >= 0.6 is 0 Å². The smallest absolute Gasteiger partial charge is 0.233 e. The lowest BCUT2D eigenvalue weighted by Gasteiger charge is -2.17. The summed E-state index contributed by atoms with van der Waals surface area (Å²) in [4.78, 5) is 24.7. The molecule has 1 saturated heterocycles. The molecular formula is C10H15NO4. The average molecular weight is 213 g/mol. The number of amides is 2. The van der Waals surface area contributed by atoms with Crippen molar-refractivity contribution in [3.8, 4) is 0 Å². The molecule has 2 rings (SSSR count). The van der Waals surface area contributed by atoms with Gasteiger partial charge in [-0.2, -0.15) is 0 Å². The maximum Gasteiger partial charge on any atom is 0.233 e. The molecule has 84 valence electrons. The minimum atomic E-state index is -0.231. The van der Waals surface area contributed by atoms with Gasteiger partial charge in [0, 0.05) is 32.8 Å². The van der Waals surface area contributed by atoms with Crippen LogP contribution in [0.1, 0.15) is 6.42 Å². The number of aliphatic hydroxyl groups excluding tert-OH is 1. The Kier molecular flexibility index (Phi) is 2.75. The monoisotopic (exact) mass is 213 g/mol. The molecule has 2 unspecified atom stereocenters. The van der Waals surface area contributed by atoms with Gasteiger partial charge in [-0.3, -0.25) is 14.5 Å². The van der Waals surface area contributed by atoms with E-state index in [0.717, 1.165) is 0 Å². The molecule has 0 aromatic rings. The molecule has 5 nitrogen and oxygen atoms in total. The van der Waals surface area contributed by atoms with Crippen LogP contribution in [0.4, 0.5) is 0 Å². The van der Waals surface area contributed by atoms with E-state index in [4.69, 9.17) is 9.84 Å². The van der Waals surface area contributed by atoms with E-state index in [1.165, 1.54) is 4.90 Å². The Morgan fingerprint density at radius 3 is 2.40 bits per heavy atom. The summed E-state index contributed by atoms with van der Waals surface area (Å²) < 4.78 is 4.86. The molecule has 0 aromatic heterocycles. The molecule has 0 aromatic carbocycles. The SMILES string of the molecule is COCCCN1C(=O)C2C(CO)C2C1=O. The molecule has 1 aliphatic carbocycles. The third-order valence-electron chi connectivity index (χ3n) is 3.21. The zero-order valence-electron chi connectivity index (χ0n) is 8.68. The maximum atomic E-state index is 11.7. The molecule has 0 bridgehead atoms. The Labute approximate surface area is 88.0 Å².